The fourth-order valence-corrected chi connectivity index (χ4v) is 4.77. The van der Waals surface area contributed by atoms with Crippen molar-refractivity contribution < 1.29 is 24.1 Å². The summed E-state index contributed by atoms with van der Waals surface area (Å²) in [5.41, 5.74) is 6.54. The number of nitrogens with zero attached hydrogens (tertiary/aromatic N) is 1. The minimum atomic E-state index is -0.167. The molecule has 7 heteroatoms. The maximum absolute atomic E-state index is 11.4. The molecule has 0 saturated carbocycles. The predicted octanol–water partition coefficient (Wildman–Crippen LogP) is 5.06. The summed E-state index contributed by atoms with van der Waals surface area (Å²) in [7, 11) is 0. The number of aryl methyl sites for hydroxylation is 2. The van der Waals surface area contributed by atoms with Gasteiger partial charge in [-0.05, 0) is 84.8 Å². The molecule has 1 saturated heterocycles. The maximum Gasteiger partial charge on any atom is 0.220 e. The van der Waals surface area contributed by atoms with Crippen LogP contribution in [0.25, 0.3) is 11.1 Å². The first-order valence-electron chi connectivity index (χ1n) is 12.9. The number of rotatable bonds is 12. The fourth-order valence-electron chi connectivity index (χ4n) is 4.77. The molecule has 0 unspecified atom stereocenters. The topological polar surface area (TPSA) is 89.9 Å². The molecule has 196 valence electrons. The Kier molecular flexibility index (Phi) is 9.14. The Morgan fingerprint density at radius 2 is 1.92 bits per heavy atom. The van der Waals surface area contributed by atoms with E-state index in [1.54, 1.807) is 6.20 Å². The Labute approximate surface area is 218 Å². The van der Waals surface area contributed by atoms with Crippen LogP contribution in [-0.4, -0.2) is 41.9 Å². The standard InChI is InChI=1S/C30H36N2O5/c1-4-35-27(12-13-33)24-8-11-29(31-17-24)37-18-22-6-5-7-23(16-22)30-20(2)14-26(15-21(30)3)36-19-25-9-10-28(34)32-25/h5-8,11,14-17,25,27,33H,4,9-10,12-13,18-19H2,1-3H3,(H,32,34)/t25-,27+/m1/s1. The first-order valence-corrected chi connectivity index (χ1v) is 12.9. The third-order valence-electron chi connectivity index (χ3n) is 6.53. The van der Waals surface area contributed by atoms with Gasteiger partial charge >= 0.3 is 0 Å². The SMILES string of the molecule is CCO[C@@H](CCO)c1ccc(OCc2cccc(-c3c(C)cc(OC[C@H]4CCC(=O)N4)cc3C)c2)nc1. The van der Waals surface area contributed by atoms with Gasteiger partial charge < -0.3 is 24.6 Å². The molecule has 4 rings (SSSR count). The second-order valence-electron chi connectivity index (χ2n) is 9.42. The summed E-state index contributed by atoms with van der Waals surface area (Å²) in [6, 6.07) is 16.3. The smallest absolute Gasteiger partial charge is 0.220 e. The van der Waals surface area contributed by atoms with Crippen molar-refractivity contribution >= 4 is 5.91 Å². The molecular weight excluding hydrogens is 468 g/mol. The summed E-state index contributed by atoms with van der Waals surface area (Å²) >= 11 is 0. The zero-order valence-corrected chi connectivity index (χ0v) is 21.8. The molecule has 0 bridgehead atoms. The van der Waals surface area contributed by atoms with Crippen LogP contribution in [-0.2, 0) is 16.1 Å². The number of amides is 1. The van der Waals surface area contributed by atoms with Crippen molar-refractivity contribution in [1.82, 2.24) is 10.3 Å². The number of aromatic nitrogens is 1. The van der Waals surface area contributed by atoms with Gasteiger partial charge in [-0.1, -0.05) is 18.2 Å². The summed E-state index contributed by atoms with van der Waals surface area (Å²) in [5, 5.41) is 12.2. The summed E-state index contributed by atoms with van der Waals surface area (Å²) in [5.74, 6) is 1.46. The Morgan fingerprint density at radius 1 is 1.11 bits per heavy atom. The van der Waals surface area contributed by atoms with Crippen LogP contribution in [0.2, 0.25) is 0 Å². The van der Waals surface area contributed by atoms with E-state index in [1.165, 1.54) is 5.56 Å². The number of benzene rings is 2. The maximum atomic E-state index is 11.4. The van der Waals surface area contributed by atoms with E-state index in [-0.39, 0.29) is 24.7 Å². The van der Waals surface area contributed by atoms with Crippen LogP contribution in [0.5, 0.6) is 11.6 Å². The van der Waals surface area contributed by atoms with E-state index in [9.17, 15) is 9.90 Å². The highest BCUT2D eigenvalue weighted by atomic mass is 16.5. The van der Waals surface area contributed by atoms with Gasteiger partial charge in [-0.25, -0.2) is 4.98 Å². The van der Waals surface area contributed by atoms with E-state index in [0.29, 0.717) is 38.5 Å². The van der Waals surface area contributed by atoms with Crippen LogP contribution < -0.4 is 14.8 Å². The molecule has 1 aliphatic heterocycles. The lowest BCUT2D eigenvalue weighted by molar-refractivity contribution is -0.119. The number of carbonyl (C=O) groups is 1. The number of aliphatic hydroxyl groups is 1. The van der Waals surface area contributed by atoms with E-state index >= 15 is 0 Å². The number of nitrogens with one attached hydrogen (secondary N) is 1. The minimum Gasteiger partial charge on any atom is -0.491 e. The molecule has 1 aromatic heterocycles. The molecule has 2 heterocycles. The molecule has 2 aromatic carbocycles. The summed E-state index contributed by atoms with van der Waals surface area (Å²) < 4.78 is 17.6. The first-order chi connectivity index (χ1) is 18.0. The highest BCUT2D eigenvalue weighted by Crippen LogP contribution is 2.32. The van der Waals surface area contributed by atoms with Crippen LogP contribution >= 0.6 is 0 Å². The van der Waals surface area contributed by atoms with Crippen LogP contribution in [0.4, 0.5) is 0 Å². The minimum absolute atomic E-state index is 0.0636. The van der Waals surface area contributed by atoms with Crippen LogP contribution in [0.1, 0.15) is 54.5 Å². The molecule has 0 aliphatic carbocycles. The van der Waals surface area contributed by atoms with Gasteiger partial charge in [-0.15, -0.1) is 0 Å². The summed E-state index contributed by atoms with van der Waals surface area (Å²) in [6.45, 7) is 7.65. The van der Waals surface area contributed by atoms with Crippen molar-refractivity contribution in [3.05, 3.63) is 77.0 Å². The summed E-state index contributed by atoms with van der Waals surface area (Å²) in [4.78, 5) is 15.8. The van der Waals surface area contributed by atoms with Crippen molar-refractivity contribution in [2.75, 3.05) is 19.8 Å². The van der Waals surface area contributed by atoms with E-state index < -0.39 is 0 Å². The number of hydrogen-bond acceptors (Lipinski definition) is 6. The van der Waals surface area contributed by atoms with Gasteiger partial charge in [0.15, 0.2) is 0 Å². The molecular formula is C30H36N2O5. The molecule has 0 radical (unpaired) electrons. The molecule has 0 spiro atoms. The summed E-state index contributed by atoms with van der Waals surface area (Å²) in [6.07, 6.45) is 3.51. The second kappa shape index (κ2) is 12.7. The number of hydrogen-bond donors (Lipinski definition) is 2. The fraction of sp³-hybridized carbons (Fsp3) is 0.400. The number of aliphatic hydroxyl groups excluding tert-OH is 1. The van der Waals surface area contributed by atoms with E-state index in [1.807, 2.05) is 31.2 Å². The van der Waals surface area contributed by atoms with Gasteiger partial charge in [0, 0.05) is 38.3 Å². The van der Waals surface area contributed by atoms with Crippen LogP contribution in [0, 0.1) is 13.8 Å². The monoisotopic (exact) mass is 504 g/mol. The first kappa shape index (κ1) is 26.6. The van der Waals surface area contributed by atoms with Gasteiger partial charge in [0.05, 0.1) is 12.1 Å². The molecule has 1 amide bonds. The van der Waals surface area contributed by atoms with Crippen molar-refractivity contribution in [2.24, 2.45) is 0 Å². The third kappa shape index (κ3) is 7.08. The van der Waals surface area contributed by atoms with Gasteiger partial charge in [0.2, 0.25) is 11.8 Å². The lowest BCUT2D eigenvalue weighted by atomic mass is 9.94. The molecule has 3 aromatic rings. The highest BCUT2D eigenvalue weighted by molar-refractivity contribution is 5.78. The van der Waals surface area contributed by atoms with Gasteiger partial charge in [0.1, 0.15) is 19.0 Å². The molecule has 37 heavy (non-hydrogen) atoms. The van der Waals surface area contributed by atoms with Gasteiger partial charge in [-0.2, -0.15) is 0 Å². The normalized spacial score (nSPS) is 15.9. The largest absolute Gasteiger partial charge is 0.491 e. The highest BCUT2D eigenvalue weighted by Gasteiger charge is 2.21. The van der Waals surface area contributed by atoms with Crippen LogP contribution in [0.3, 0.4) is 0 Å². The number of pyridine rings is 1. The van der Waals surface area contributed by atoms with E-state index in [4.69, 9.17) is 14.2 Å². The van der Waals surface area contributed by atoms with Crippen molar-refractivity contribution in [3.63, 3.8) is 0 Å². The number of carbonyl (C=O) groups excluding carboxylic acids is 1. The zero-order valence-electron chi connectivity index (χ0n) is 21.8. The molecule has 2 atom stereocenters. The lowest BCUT2D eigenvalue weighted by Gasteiger charge is -2.17. The zero-order chi connectivity index (χ0) is 26.2. The van der Waals surface area contributed by atoms with E-state index in [2.05, 4.69) is 48.4 Å². The van der Waals surface area contributed by atoms with Gasteiger partial charge in [0.25, 0.3) is 0 Å². The lowest BCUT2D eigenvalue weighted by Crippen LogP contribution is -2.30. The third-order valence-corrected chi connectivity index (χ3v) is 6.53. The van der Waals surface area contributed by atoms with Crippen molar-refractivity contribution in [3.8, 4) is 22.8 Å². The van der Waals surface area contributed by atoms with Crippen molar-refractivity contribution in [1.29, 1.82) is 0 Å². The Hall–Kier alpha value is -3.42. The Morgan fingerprint density at radius 3 is 2.57 bits per heavy atom. The molecule has 1 fully saturated rings. The molecule has 2 N–H and O–H groups in total. The molecule has 1 aliphatic rings. The Balaban J connectivity index is 1.40. The quantitative estimate of drug-likeness (QED) is 0.358. The van der Waals surface area contributed by atoms with Crippen molar-refractivity contribution in [2.45, 2.75) is 58.8 Å². The van der Waals surface area contributed by atoms with Crippen LogP contribution in [0.15, 0.2) is 54.7 Å². The molecule has 7 nitrogen and oxygen atoms in total. The second-order valence-corrected chi connectivity index (χ2v) is 9.42. The average Bonchev–Trinajstić information content (AvgIpc) is 3.31. The number of ether oxygens (including phenoxy) is 3. The van der Waals surface area contributed by atoms with E-state index in [0.717, 1.165) is 40.0 Å². The average molecular weight is 505 g/mol. The predicted molar refractivity (Wildman–Crippen MR) is 143 cm³/mol. The Bertz CT molecular complexity index is 1170. The van der Waals surface area contributed by atoms with Gasteiger partial charge in [-0.3, -0.25) is 4.79 Å².